The van der Waals surface area contributed by atoms with Crippen LogP contribution in [0, 0.1) is 6.92 Å². The molecule has 0 spiro atoms. The predicted octanol–water partition coefficient (Wildman–Crippen LogP) is 2.01. The Morgan fingerprint density at radius 3 is 2.48 bits per heavy atom. The average Bonchev–Trinajstić information content (AvgIpc) is 2.64. The number of aryl methyl sites for hydroxylation is 1. The number of halogens is 2. The first-order valence-corrected chi connectivity index (χ1v) is 8.51. The summed E-state index contributed by atoms with van der Waals surface area (Å²) in [5.74, 6) is -2.19. The molecule has 1 aromatic heterocycles. The van der Waals surface area contributed by atoms with E-state index in [1.165, 1.54) is 12.1 Å². The van der Waals surface area contributed by atoms with Crippen molar-refractivity contribution in [3.63, 3.8) is 0 Å². The number of fused-ring (bicyclic) bond motifs is 1. The lowest BCUT2D eigenvalue weighted by Gasteiger charge is -2.13. The second-order valence-electron chi connectivity index (χ2n) is 5.75. The Morgan fingerprint density at radius 2 is 1.81 bits per heavy atom. The van der Waals surface area contributed by atoms with Gasteiger partial charge in [-0.1, -0.05) is 47.5 Å². The molecule has 0 saturated carbocycles. The van der Waals surface area contributed by atoms with Gasteiger partial charge in [-0.2, -0.15) is 5.10 Å². The van der Waals surface area contributed by atoms with E-state index < -0.39 is 29.7 Å². The normalized spacial score (nSPS) is 10.8. The van der Waals surface area contributed by atoms with Gasteiger partial charge in [-0.3, -0.25) is 9.59 Å². The molecule has 0 aliphatic carbocycles. The van der Waals surface area contributed by atoms with Crippen molar-refractivity contribution in [3.8, 4) is 0 Å². The van der Waals surface area contributed by atoms with Crippen molar-refractivity contribution in [1.29, 1.82) is 0 Å². The first-order valence-electron chi connectivity index (χ1n) is 7.75. The van der Waals surface area contributed by atoms with Crippen LogP contribution in [0.2, 0.25) is 10.0 Å². The molecule has 27 heavy (non-hydrogen) atoms. The number of benzene rings is 2. The number of aromatic carboxylic acids is 1. The van der Waals surface area contributed by atoms with Crippen molar-refractivity contribution in [2.45, 2.75) is 13.5 Å². The van der Waals surface area contributed by atoms with Crippen molar-refractivity contribution >= 4 is 51.5 Å². The summed E-state index contributed by atoms with van der Waals surface area (Å²) in [4.78, 5) is 36.3. The van der Waals surface area contributed by atoms with Gasteiger partial charge in [-0.25, -0.2) is 4.68 Å². The zero-order chi connectivity index (χ0) is 19.7. The van der Waals surface area contributed by atoms with Gasteiger partial charge in [0.15, 0.2) is 0 Å². The number of carboxylic acids is 1. The monoisotopic (exact) mass is 404 g/mol. The standard InChI is InChI=1S/C18H13Cl2N3O4/c1-9-6-7-12(19)16(14(9)20)21-13(24)8-23-17(25)11-5-3-2-4-10(11)15(22-23)18(26)27/h2-7H,8H2,1H3,(H,21,24)(H,26,27)/p-1. The van der Waals surface area contributed by atoms with Crippen LogP contribution in [0.4, 0.5) is 5.69 Å². The van der Waals surface area contributed by atoms with Gasteiger partial charge in [0.1, 0.15) is 12.2 Å². The lowest BCUT2D eigenvalue weighted by Crippen LogP contribution is -2.34. The van der Waals surface area contributed by atoms with E-state index in [4.69, 9.17) is 23.2 Å². The lowest BCUT2D eigenvalue weighted by atomic mass is 10.1. The number of carbonyl (C=O) groups excluding carboxylic acids is 2. The molecular weight excluding hydrogens is 393 g/mol. The first kappa shape index (κ1) is 18.9. The van der Waals surface area contributed by atoms with Crippen molar-refractivity contribution in [1.82, 2.24) is 9.78 Å². The highest BCUT2D eigenvalue weighted by molar-refractivity contribution is 6.40. The molecular formula is C18H12Cl2N3O4-. The Kier molecular flexibility index (Phi) is 5.16. The Hall–Kier alpha value is -2.90. The predicted molar refractivity (Wildman–Crippen MR) is 100 cm³/mol. The summed E-state index contributed by atoms with van der Waals surface area (Å²) in [6.45, 7) is 1.22. The highest BCUT2D eigenvalue weighted by Crippen LogP contribution is 2.32. The SMILES string of the molecule is Cc1ccc(Cl)c(NC(=O)Cn2nc(C(=O)[O-])c3ccccc3c2=O)c1Cl. The number of carboxylic acid groups (broad SMARTS) is 1. The Labute approximate surface area is 163 Å². The minimum absolute atomic E-state index is 0.117. The number of amides is 1. The van der Waals surface area contributed by atoms with Gasteiger partial charge < -0.3 is 15.2 Å². The first-order chi connectivity index (χ1) is 12.8. The molecule has 138 valence electrons. The van der Waals surface area contributed by atoms with E-state index in [1.54, 1.807) is 31.2 Å². The minimum atomic E-state index is -1.55. The molecule has 0 atom stereocenters. The number of rotatable bonds is 4. The van der Waals surface area contributed by atoms with E-state index in [-0.39, 0.29) is 26.5 Å². The molecule has 1 N–H and O–H groups in total. The summed E-state index contributed by atoms with van der Waals surface area (Å²) < 4.78 is 0.764. The fourth-order valence-electron chi connectivity index (χ4n) is 2.58. The van der Waals surface area contributed by atoms with Crippen LogP contribution in [-0.2, 0) is 11.3 Å². The van der Waals surface area contributed by atoms with Crippen molar-refractivity contribution in [3.05, 3.63) is 68.1 Å². The third kappa shape index (κ3) is 3.65. The van der Waals surface area contributed by atoms with Gasteiger partial charge >= 0.3 is 0 Å². The molecule has 0 bridgehead atoms. The number of nitrogens with zero attached hydrogens (tertiary/aromatic N) is 2. The molecule has 0 unspecified atom stereocenters. The van der Waals surface area contributed by atoms with E-state index in [2.05, 4.69) is 10.4 Å². The molecule has 9 heteroatoms. The number of anilines is 1. The van der Waals surface area contributed by atoms with Crippen LogP contribution in [0.25, 0.3) is 10.8 Å². The second-order valence-corrected chi connectivity index (χ2v) is 6.53. The number of hydrogen-bond donors (Lipinski definition) is 1. The van der Waals surface area contributed by atoms with Crippen LogP contribution in [0.1, 0.15) is 16.1 Å². The molecule has 0 aliphatic rings. The van der Waals surface area contributed by atoms with Gasteiger partial charge in [0.25, 0.3) is 5.56 Å². The van der Waals surface area contributed by atoms with E-state index in [0.29, 0.717) is 5.56 Å². The Balaban J connectivity index is 1.99. The van der Waals surface area contributed by atoms with Gasteiger partial charge in [-0.05, 0) is 24.6 Å². The van der Waals surface area contributed by atoms with Gasteiger partial charge in [0.2, 0.25) is 5.91 Å². The lowest BCUT2D eigenvalue weighted by molar-refractivity contribution is -0.255. The molecule has 1 heterocycles. The van der Waals surface area contributed by atoms with E-state index in [0.717, 1.165) is 4.68 Å². The van der Waals surface area contributed by atoms with Gasteiger partial charge in [-0.15, -0.1) is 0 Å². The maximum Gasteiger partial charge on any atom is 0.275 e. The molecule has 0 fully saturated rings. The van der Waals surface area contributed by atoms with Crippen molar-refractivity contribution in [2.24, 2.45) is 0 Å². The maximum absolute atomic E-state index is 12.5. The fourth-order valence-corrected chi connectivity index (χ4v) is 3.04. The summed E-state index contributed by atoms with van der Waals surface area (Å²) in [5.41, 5.74) is -0.120. The third-order valence-corrected chi connectivity index (χ3v) is 4.71. The topological polar surface area (TPSA) is 104 Å². The van der Waals surface area contributed by atoms with Gasteiger partial charge in [0.05, 0.1) is 27.1 Å². The van der Waals surface area contributed by atoms with Crippen LogP contribution < -0.4 is 16.0 Å². The summed E-state index contributed by atoms with van der Waals surface area (Å²) in [5, 5.41) is 18.4. The summed E-state index contributed by atoms with van der Waals surface area (Å²) in [7, 11) is 0. The van der Waals surface area contributed by atoms with Crippen LogP contribution in [0.5, 0.6) is 0 Å². The molecule has 1 amide bonds. The summed E-state index contributed by atoms with van der Waals surface area (Å²) in [6, 6.07) is 9.34. The van der Waals surface area contributed by atoms with Crippen molar-refractivity contribution in [2.75, 3.05) is 5.32 Å². The Bertz CT molecular complexity index is 1140. The van der Waals surface area contributed by atoms with Crippen LogP contribution >= 0.6 is 23.2 Å². The van der Waals surface area contributed by atoms with Crippen LogP contribution in [-0.4, -0.2) is 21.7 Å². The molecule has 2 aromatic carbocycles. The summed E-state index contributed by atoms with van der Waals surface area (Å²) >= 11 is 12.2. The quantitative estimate of drug-likeness (QED) is 0.715. The molecule has 3 aromatic rings. The number of nitrogens with one attached hydrogen (secondary N) is 1. The average molecular weight is 405 g/mol. The molecule has 0 radical (unpaired) electrons. The second kappa shape index (κ2) is 7.38. The highest BCUT2D eigenvalue weighted by atomic mass is 35.5. The molecule has 0 saturated heterocycles. The van der Waals surface area contributed by atoms with Gasteiger partial charge in [0, 0.05) is 5.39 Å². The number of hydrogen-bond acceptors (Lipinski definition) is 5. The van der Waals surface area contributed by atoms with E-state index >= 15 is 0 Å². The van der Waals surface area contributed by atoms with Crippen LogP contribution in [0.3, 0.4) is 0 Å². The smallest absolute Gasteiger partial charge is 0.275 e. The minimum Gasteiger partial charge on any atom is -0.543 e. The van der Waals surface area contributed by atoms with E-state index in [9.17, 15) is 19.5 Å². The number of aromatic nitrogens is 2. The highest BCUT2D eigenvalue weighted by Gasteiger charge is 2.16. The largest absolute Gasteiger partial charge is 0.543 e. The zero-order valence-electron chi connectivity index (χ0n) is 14.0. The molecule has 3 rings (SSSR count). The number of carbonyl (C=O) groups is 2. The fraction of sp³-hybridized carbons (Fsp3) is 0.111. The van der Waals surface area contributed by atoms with E-state index in [1.807, 2.05) is 0 Å². The van der Waals surface area contributed by atoms with Crippen LogP contribution in [0.15, 0.2) is 41.2 Å². The maximum atomic E-state index is 12.5. The third-order valence-electron chi connectivity index (χ3n) is 3.90. The zero-order valence-corrected chi connectivity index (χ0v) is 15.5. The Morgan fingerprint density at radius 1 is 1.15 bits per heavy atom. The molecule has 7 nitrogen and oxygen atoms in total. The molecule has 0 aliphatic heterocycles. The summed E-state index contributed by atoms with van der Waals surface area (Å²) in [6.07, 6.45) is 0. The van der Waals surface area contributed by atoms with Crippen molar-refractivity contribution < 1.29 is 14.7 Å².